The molecule has 4 heterocycles. The number of benzene rings is 2. The van der Waals surface area contributed by atoms with Crippen molar-refractivity contribution in [1.82, 2.24) is 29.2 Å². The van der Waals surface area contributed by atoms with Crippen molar-refractivity contribution in [2.75, 3.05) is 26.8 Å². The topological polar surface area (TPSA) is 96.5 Å². The molecule has 2 aliphatic rings. The fourth-order valence-electron chi connectivity index (χ4n) is 5.79. The van der Waals surface area contributed by atoms with Gasteiger partial charge in [-0.15, -0.1) is 10.2 Å². The molecule has 0 amide bonds. The maximum absolute atomic E-state index is 11.8. The molecule has 0 spiro atoms. The van der Waals surface area contributed by atoms with E-state index in [0.717, 1.165) is 61.1 Å². The maximum Gasteiger partial charge on any atom is 0.330 e. The Balaban J connectivity index is 1.14. The zero-order valence-corrected chi connectivity index (χ0v) is 25.1. The summed E-state index contributed by atoms with van der Waals surface area (Å²) in [5.41, 5.74) is 3.30. The number of para-hydroxylation sites is 1. The second kappa shape index (κ2) is 13.0. The first-order valence-corrected chi connectivity index (χ1v) is 15.0. The van der Waals surface area contributed by atoms with E-state index in [9.17, 15) is 4.79 Å². The molecular weight excluding hydrogens is 568 g/mol. The van der Waals surface area contributed by atoms with Crippen molar-refractivity contribution in [3.63, 3.8) is 0 Å². The number of methoxy groups -OCH3 is 1. The molecule has 0 radical (unpaired) electrons. The van der Waals surface area contributed by atoms with Crippen LogP contribution in [0, 0.1) is 0 Å². The van der Waals surface area contributed by atoms with E-state index >= 15 is 0 Å². The number of carbonyl (C=O) groups is 1. The number of esters is 1. The third-order valence-electron chi connectivity index (χ3n) is 8.18. The van der Waals surface area contributed by atoms with E-state index in [0.29, 0.717) is 36.5 Å². The number of likely N-dealkylation sites (tertiary alicyclic amines) is 1. The van der Waals surface area contributed by atoms with Crippen molar-refractivity contribution in [3.05, 3.63) is 94.6 Å². The number of carbonyl (C=O) groups excluding carboxylic acids is 1. The number of piperidine rings is 1. The lowest BCUT2D eigenvalue weighted by atomic mass is 9.88. The van der Waals surface area contributed by atoms with Gasteiger partial charge in [0.25, 0.3) is 0 Å². The van der Waals surface area contributed by atoms with Gasteiger partial charge in [-0.3, -0.25) is 4.90 Å². The summed E-state index contributed by atoms with van der Waals surface area (Å²) in [6, 6.07) is 13.9. The summed E-state index contributed by atoms with van der Waals surface area (Å²) in [7, 11) is 1.36. The Labute approximate surface area is 255 Å². The van der Waals surface area contributed by atoms with Gasteiger partial charge in [-0.2, -0.15) is 0 Å². The highest BCUT2D eigenvalue weighted by molar-refractivity contribution is 6.30. The summed E-state index contributed by atoms with van der Waals surface area (Å²) < 4.78 is 21.6. The normalized spacial score (nSPS) is 17.4. The first-order chi connectivity index (χ1) is 21.0. The van der Waals surface area contributed by atoms with Crippen molar-refractivity contribution in [2.24, 2.45) is 0 Å². The second-order valence-corrected chi connectivity index (χ2v) is 11.2. The van der Waals surface area contributed by atoms with Gasteiger partial charge in [0.2, 0.25) is 0 Å². The minimum absolute atomic E-state index is 0.164. The third kappa shape index (κ3) is 6.45. The highest BCUT2D eigenvalue weighted by Crippen LogP contribution is 2.44. The molecule has 0 aliphatic carbocycles. The molecule has 224 valence electrons. The maximum atomic E-state index is 11.8. The number of hydrogen-bond donors (Lipinski definition) is 0. The summed E-state index contributed by atoms with van der Waals surface area (Å²) in [5.74, 6) is 3.03. The lowest BCUT2D eigenvalue weighted by Crippen LogP contribution is -2.34. The number of nitrogens with zero attached hydrogens (tertiary/aromatic N) is 6. The number of rotatable bonds is 9. The van der Waals surface area contributed by atoms with Crippen LogP contribution >= 0.6 is 11.6 Å². The quantitative estimate of drug-likeness (QED) is 0.189. The van der Waals surface area contributed by atoms with Gasteiger partial charge in [-0.1, -0.05) is 35.9 Å². The van der Waals surface area contributed by atoms with Gasteiger partial charge in [0.05, 0.1) is 32.2 Å². The molecular formula is C32H35ClN6O4. The molecule has 10 nitrogen and oxygen atoms in total. The van der Waals surface area contributed by atoms with Crippen molar-refractivity contribution < 1.29 is 19.0 Å². The minimum atomic E-state index is -0.435. The number of imidazole rings is 1. The van der Waals surface area contributed by atoms with Gasteiger partial charge in [0, 0.05) is 29.4 Å². The molecule has 2 aromatic heterocycles. The Morgan fingerprint density at radius 1 is 1.12 bits per heavy atom. The van der Waals surface area contributed by atoms with Gasteiger partial charge >= 0.3 is 5.97 Å². The van der Waals surface area contributed by atoms with Crippen LogP contribution in [-0.2, 0) is 29.2 Å². The Hall–Kier alpha value is -4.15. The monoisotopic (exact) mass is 602 g/mol. The fraction of sp³-hybridized carbons (Fsp3) is 0.375. The molecule has 0 bridgehead atoms. The Bertz CT molecular complexity index is 1590. The highest BCUT2D eigenvalue weighted by atomic mass is 35.5. The zero-order chi connectivity index (χ0) is 29.8. The minimum Gasteiger partial charge on any atom is -0.485 e. The number of ether oxygens (including phenoxy) is 3. The summed E-state index contributed by atoms with van der Waals surface area (Å²) in [4.78, 5) is 18.5. The Morgan fingerprint density at radius 3 is 2.70 bits per heavy atom. The summed E-state index contributed by atoms with van der Waals surface area (Å²) in [6.07, 6.45) is 8.52. The van der Waals surface area contributed by atoms with Gasteiger partial charge in [-0.05, 0) is 68.6 Å². The van der Waals surface area contributed by atoms with Crippen LogP contribution in [0.4, 0.5) is 0 Å². The summed E-state index contributed by atoms with van der Waals surface area (Å²) in [6.45, 7) is 6.39. The van der Waals surface area contributed by atoms with Crippen LogP contribution in [0.5, 0.6) is 11.5 Å². The largest absolute Gasteiger partial charge is 0.485 e. The molecule has 1 saturated heterocycles. The lowest BCUT2D eigenvalue weighted by molar-refractivity contribution is -0.134. The van der Waals surface area contributed by atoms with Crippen LogP contribution in [0.15, 0.2) is 61.1 Å². The van der Waals surface area contributed by atoms with E-state index < -0.39 is 5.97 Å². The number of aryl methyl sites for hydroxylation is 1. The van der Waals surface area contributed by atoms with Crippen LogP contribution in [-0.4, -0.2) is 62.0 Å². The fourth-order valence-corrected chi connectivity index (χ4v) is 5.92. The van der Waals surface area contributed by atoms with Gasteiger partial charge in [0.1, 0.15) is 12.4 Å². The van der Waals surface area contributed by atoms with Crippen LogP contribution in [0.1, 0.15) is 60.3 Å². The molecule has 4 aromatic rings. The van der Waals surface area contributed by atoms with Crippen LogP contribution in [0.3, 0.4) is 0 Å². The first kappa shape index (κ1) is 28.9. The molecule has 2 aromatic carbocycles. The van der Waals surface area contributed by atoms with E-state index in [1.807, 2.05) is 47.4 Å². The van der Waals surface area contributed by atoms with E-state index in [1.165, 1.54) is 18.7 Å². The number of hydrogen-bond acceptors (Lipinski definition) is 8. The molecule has 11 heteroatoms. The predicted molar refractivity (Wildman–Crippen MR) is 162 cm³/mol. The van der Waals surface area contributed by atoms with Crippen molar-refractivity contribution in [2.45, 2.75) is 51.4 Å². The molecule has 0 unspecified atom stereocenters. The molecule has 0 N–H and O–H groups in total. The van der Waals surface area contributed by atoms with E-state index in [-0.39, 0.29) is 6.10 Å². The SMILES string of the molecule is CCn1cncc1Cn1c(/C=C/C(=O)OC)nnc1CN1CCC(c2cccc3c2OC[C@@H](c2ccc(Cl)cc2)O3)CC1. The van der Waals surface area contributed by atoms with Gasteiger partial charge in [-0.25, -0.2) is 9.78 Å². The van der Waals surface area contributed by atoms with E-state index in [1.54, 1.807) is 6.08 Å². The molecule has 2 aliphatic heterocycles. The molecule has 1 atom stereocenters. The smallest absolute Gasteiger partial charge is 0.330 e. The number of fused-ring (bicyclic) bond motifs is 1. The van der Waals surface area contributed by atoms with Crippen LogP contribution < -0.4 is 9.47 Å². The lowest BCUT2D eigenvalue weighted by Gasteiger charge is -2.34. The Morgan fingerprint density at radius 2 is 1.93 bits per heavy atom. The standard InChI is InChI=1S/C32H35ClN6O4/c1-3-38-21-34-17-25(38)18-39-29(11-12-31(40)41-2)35-36-30(39)19-37-15-13-22(14-16-37)26-5-4-6-27-32(26)42-20-28(43-27)23-7-9-24(33)10-8-23/h4-12,17,21-22,28H,3,13-16,18-20H2,1-2H3/b12-11+/t28-/m0/s1. The molecule has 6 rings (SSSR count). The molecule has 1 fully saturated rings. The third-order valence-corrected chi connectivity index (χ3v) is 8.43. The van der Waals surface area contributed by atoms with Crippen molar-refractivity contribution >= 4 is 23.6 Å². The van der Waals surface area contributed by atoms with Crippen LogP contribution in [0.25, 0.3) is 6.08 Å². The average molecular weight is 603 g/mol. The number of aromatic nitrogens is 5. The summed E-state index contributed by atoms with van der Waals surface area (Å²) >= 11 is 6.07. The van der Waals surface area contributed by atoms with E-state index in [4.69, 9.17) is 25.8 Å². The van der Waals surface area contributed by atoms with Gasteiger partial charge < -0.3 is 23.3 Å². The summed E-state index contributed by atoms with van der Waals surface area (Å²) in [5, 5.41) is 9.61. The van der Waals surface area contributed by atoms with Crippen molar-refractivity contribution in [1.29, 1.82) is 0 Å². The van der Waals surface area contributed by atoms with Crippen molar-refractivity contribution in [3.8, 4) is 11.5 Å². The zero-order valence-electron chi connectivity index (χ0n) is 24.4. The Kier molecular flexibility index (Phi) is 8.76. The second-order valence-electron chi connectivity index (χ2n) is 10.8. The predicted octanol–water partition coefficient (Wildman–Crippen LogP) is 5.27. The number of halogens is 1. The highest BCUT2D eigenvalue weighted by Gasteiger charge is 2.30. The van der Waals surface area contributed by atoms with E-state index in [2.05, 4.69) is 43.7 Å². The average Bonchev–Trinajstić information content (AvgIpc) is 3.66. The molecule has 43 heavy (non-hydrogen) atoms. The van der Waals surface area contributed by atoms with Gasteiger partial charge in [0.15, 0.2) is 23.4 Å². The molecule has 0 saturated carbocycles. The van der Waals surface area contributed by atoms with Crippen LogP contribution in [0.2, 0.25) is 5.02 Å². The first-order valence-electron chi connectivity index (χ1n) is 14.6.